The van der Waals surface area contributed by atoms with Crippen molar-refractivity contribution < 1.29 is 19.0 Å². The molecule has 0 saturated heterocycles. The van der Waals surface area contributed by atoms with Gasteiger partial charge in [0.2, 0.25) is 0 Å². The standard InChI is InChI=1S/C21H18O4/c1-23-19-9-5-6-10-20(19)25-21(22)17-11-13-18(14-12-17)24-15-16-7-3-2-4-8-16/h2-14H,15H2,1H3. The molecule has 0 heterocycles. The Hall–Kier alpha value is -3.27. The Labute approximate surface area is 146 Å². The molecule has 4 heteroatoms. The van der Waals surface area contributed by atoms with Gasteiger partial charge in [0.25, 0.3) is 0 Å². The normalized spacial score (nSPS) is 10.1. The fraction of sp³-hybridized carbons (Fsp3) is 0.0952. The van der Waals surface area contributed by atoms with Gasteiger partial charge in [-0.25, -0.2) is 4.79 Å². The molecular weight excluding hydrogens is 316 g/mol. The number of esters is 1. The van der Waals surface area contributed by atoms with E-state index in [0.29, 0.717) is 29.4 Å². The van der Waals surface area contributed by atoms with E-state index < -0.39 is 5.97 Å². The topological polar surface area (TPSA) is 44.8 Å². The summed E-state index contributed by atoms with van der Waals surface area (Å²) in [5, 5.41) is 0. The van der Waals surface area contributed by atoms with Crippen LogP contribution in [0, 0.1) is 0 Å². The summed E-state index contributed by atoms with van der Waals surface area (Å²) >= 11 is 0. The number of carbonyl (C=O) groups is 1. The molecule has 0 amide bonds. The minimum Gasteiger partial charge on any atom is -0.493 e. The van der Waals surface area contributed by atoms with Gasteiger partial charge in [-0.05, 0) is 42.0 Å². The van der Waals surface area contributed by atoms with Crippen LogP contribution in [0.3, 0.4) is 0 Å². The summed E-state index contributed by atoms with van der Waals surface area (Å²) in [6.07, 6.45) is 0. The van der Waals surface area contributed by atoms with Crippen molar-refractivity contribution >= 4 is 5.97 Å². The first kappa shape index (κ1) is 16.6. The maximum Gasteiger partial charge on any atom is 0.343 e. The zero-order valence-electron chi connectivity index (χ0n) is 13.8. The monoisotopic (exact) mass is 334 g/mol. The number of methoxy groups -OCH3 is 1. The first-order valence-corrected chi connectivity index (χ1v) is 7.88. The van der Waals surface area contributed by atoms with Gasteiger partial charge >= 0.3 is 5.97 Å². The van der Waals surface area contributed by atoms with Gasteiger partial charge in [-0.15, -0.1) is 0 Å². The molecule has 0 aliphatic rings. The Bertz CT molecular complexity index is 826. The van der Waals surface area contributed by atoms with Gasteiger partial charge in [0.05, 0.1) is 12.7 Å². The van der Waals surface area contributed by atoms with Crippen molar-refractivity contribution in [2.24, 2.45) is 0 Å². The first-order valence-electron chi connectivity index (χ1n) is 7.88. The number of ether oxygens (including phenoxy) is 3. The molecule has 3 rings (SSSR count). The average Bonchev–Trinajstić information content (AvgIpc) is 2.68. The molecule has 0 unspecified atom stereocenters. The predicted molar refractivity (Wildman–Crippen MR) is 95.2 cm³/mol. The number of hydrogen-bond acceptors (Lipinski definition) is 4. The van der Waals surface area contributed by atoms with E-state index in [9.17, 15) is 4.79 Å². The molecule has 0 fully saturated rings. The van der Waals surface area contributed by atoms with Crippen molar-refractivity contribution in [1.82, 2.24) is 0 Å². The lowest BCUT2D eigenvalue weighted by Crippen LogP contribution is -2.09. The summed E-state index contributed by atoms with van der Waals surface area (Å²) in [5.41, 5.74) is 1.53. The largest absolute Gasteiger partial charge is 0.493 e. The minimum atomic E-state index is -0.445. The van der Waals surface area contributed by atoms with E-state index in [-0.39, 0.29) is 0 Å². The summed E-state index contributed by atoms with van der Waals surface area (Å²) < 4.78 is 16.3. The van der Waals surface area contributed by atoms with Crippen molar-refractivity contribution in [2.45, 2.75) is 6.61 Å². The lowest BCUT2D eigenvalue weighted by Gasteiger charge is -2.09. The van der Waals surface area contributed by atoms with E-state index in [2.05, 4.69) is 0 Å². The smallest absolute Gasteiger partial charge is 0.343 e. The lowest BCUT2D eigenvalue weighted by molar-refractivity contribution is 0.0729. The molecule has 0 spiro atoms. The summed E-state index contributed by atoms with van der Waals surface area (Å²) in [5.74, 6) is 1.15. The van der Waals surface area contributed by atoms with Crippen LogP contribution in [0.5, 0.6) is 17.2 Å². The van der Waals surface area contributed by atoms with Crippen LogP contribution < -0.4 is 14.2 Å². The highest BCUT2D eigenvalue weighted by atomic mass is 16.6. The van der Waals surface area contributed by atoms with Gasteiger partial charge in [0.1, 0.15) is 12.4 Å². The van der Waals surface area contributed by atoms with E-state index in [1.165, 1.54) is 7.11 Å². The number of rotatable bonds is 6. The Morgan fingerprint density at radius 2 is 1.44 bits per heavy atom. The molecule has 0 bridgehead atoms. The third-order valence-corrected chi connectivity index (χ3v) is 3.61. The second-order valence-electron chi connectivity index (χ2n) is 5.34. The molecule has 0 saturated carbocycles. The third kappa shape index (κ3) is 4.38. The molecule has 0 aliphatic heterocycles. The van der Waals surface area contributed by atoms with Crippen LogP contribution in [0.15, 0.2) is 78.9 Å². The number of carbonyl (C=O) groups excluding carboxylic acids is 1. The predicted octanol–water partition coefficient (Wildman–Crippen LogP) is 4.49. The summed E-state index contributed by atoms with van der Waals surface area (Å²) in [4.78, 5) is 12.3. The van der Waals surface area contributed by atoms with E-state index in [4.69, 9.17) is 14.2 Å². The Morgan fingerprint density at radius 1 is 0.800 bits per heavy atom. The van der Waals surface area contributed by atoms with Crippen LogP contribution in [0.1, 0.15) is 15.9 Å². The second kappa shape index (κ2) is 8.02. The summed E-state index contributed by atoms with van der Waals surface area (Å²) in [6, 6.07) is 23.8. The van der Waals surface area contributed by atoms with Gasteiger partial charge < -0.3 is 14.2 Å². The van der Waals surface area contributed by atoms with Crippen molar-refractivity contribution in [2.75, 3.05) is 7.11 Å². The number of para-hydroxylation sites is 2. The fourth-order valence-electron chi connectivity index (χ4n) is 2.29. The second-order valence-corrected chi connectivity index (χ2v) is 5.34. The highest BCUT2D eigenvalue weighted by Gasteiger charge is 2.12. The maximum atomic E-state index is 12.3. The van der Waals surface area contributed by atoms with Crippen molar-refractivity contribution in [1.29, 1.82) is 0 Å². The van der Waals surface area contributed by atoms with E-state index in [1.807, 2.05) is 36.4 Å². The summed E-state index contributed by atoms with van der Waals surface area (Å²) in [6.45, 7) is 0.478. The quantitative estimate of drug-likeness (QED) is 0.492. The molecule has 3 aromatic carbocycles. The first-order chi connectivity index (χ1) is 12.3. The molecule has 0 aliphatic carbocycles. The molecule has 0 aromatic heterocycles. The molecule has 25 heavy (non-hydrogen) atoms. The maximum absolute atomic E-state index is 12.3. The Kier molecular flexibility index (Phi) is 5.32. The van der Waals surface area contributed by atoms with Gasteiger partial charge in [0, 0.05) is 0 Å². The third-order valence-electron chi connectivity index (χ3n) is 3.61. The van der Waals surface area contributed by atoms with Crippen LogP contribution in [0.2, 0.25) is 0 Å². The summed E-state index contributed by atoms with van der Waals surface area (Å²) in [7, 11) is 1.53. The molecule has 0 N–H and O–H groups in total. The highest BCUT2D eigenvalue weighted by molar-refractivity contribution is 5.91. The van der Waals surface area contributed by atoms with Gasteiger partial charge in [-0.3, -0.25) is 0 Å². The molecule has 126 valence electrons. The minimum absolute atomic E-state index is 0.388. The molecule has 0 radical (unpaired) electrons. The zero-order chi connectivity index (χ0) is 17.5. The highest BCUT2D eigenvalue weighted by Crippen LogP contribution is 2.27. The lowest BCUT2D eigenvalue weighted by atomic mass is 10.2. The molecular formula is C21H18O4. The fourth-order valence-corrected chi connectivity index (χ4v) is 2.29. The van der Waals surface area contributed by atoms with E-state index in [1.54, 1.807) is 42.5 Å². The van der Waals surface area contributed by atoms with Gasteiger partial charge in [0.15, 0.2) is 11.5 Å². The van der Waals surface area contributed by atoms with Crippen molar-refractivity contribution in [3.05, 3.63) is 90.0 Å². The average molecular weight is 334 g/mol. The van der Waals surface area contributed by atoms with Crippen LogP contribution in [0.4, 0.5) is 0 Å². The van der Waals surface area contributed by atoms with Crippen LogP contribution in [-0.4, -0.2) is 13.1 Å². The SMILES string of the molecule is COc1ccccc1OC(=O)c1ccc(OCc2ccccc2)cc1. The van der Waals surface area contributed by atoms with Crippen LogP contribution >= 0.6 is 0 Å². The van der Waals surface area contributed by atoms with Gasteiger partial charge in [-0.2, -0.15) is 0 Å². The molecule has 3 aromatic rings. The molecule has 4 nitrogen and oxygen atoms in total. The van der Waals surface area contributed by atoms with Crippen LogP contribution in [0.25, 0.3) is 0 Å². The molecule has 0 atom stereocenters. The Balaban J connectivity index is 1.62. The number of hydrogen-bond donors (Lipinski definition) is 0. The van der Waals surface area contributed by atoms with Crippen molar-refractivity contribution in [3.8, 4) is 17.2 Å². The zero-order valence-corrected chi connectivity index (χ0v) is 13.8. The number of benzene rings is 3. The van der Waals surface area contributed by atoms with E-state index in [0.717, 1.165) is 5.56 Å². The van der Waals surface area contributed by atoms with Crippen LogP contribution in [-0.2, 0) is 6.61 Å². The van der Waals surface area contributed by atoms with E-state index >= 15 is 0 Å². The Morgan fingerprint density at radius 3 is 2.12 bits per heavy atom. The van der Waals surface area contributed by atoms with Gasteiger partial charge in [-0.1, -0.05) is 42.5 Å². The van der Waals surface area contributed by atoms with Crippen molar-refractivity contribution in [3.63, 3.8) is 0 Å².